The van der Waals surface area contributed by atoms with E-state index in [9.17, 15) is 13.2 Å². The molecule has 0 aliphatic carbocycles. The second kappa shape index (κ2) is 10.5. The molecule has 7 heteroatoms. The van der Waals surface area contributed by atoms with Crippen LogP contribution in [0.15, 0.2) is 29.3 Å². The van der Waals surface area contributed by atoms with Crippen molar-refractivity contribution in [1.29, 1.82) is 0 Å². The molecule has 0 aromatic heterocycles. The van der Waals surface area contributed by atoms with Gasteiger partial charge in [-0.25, -0.2) is 4.99 Å². The van der Waals surface area contributed by atoms with Crippen LogP contribution in [0.3, 0.4) is 0 Å². The third-order valence-corrected chi connectivity index (χ3v) is 4.97. The summed E-state index contributed by atoms with van der Waals surface area (Å²) in [7, 11) is 0. The lowest BCUT2D eigenvalue weighted by Crippen LogP contribution is -2.41. The number of aryl methyl sites for hydroxylation is 1. The quantitative estimate of drug-likeness (QED) is 0.556. The van der Waals surface area contributed by atoms with Crippen LogP contribution in [0.25, 0.3) is 0 Å². The maximum atomic E-state index is 12.4. The second-order valence-corrected chi connectivity index (χ2v) is 7.17. The van der Waals surface area contributed by atoms with Crippen molar-refractivity contribution in [3.8, 4) is 0 Å². The first-order valence-electron chi connectivity index (χ1n) is 9.73. The summed E-state index contributed by atoms with van der Waals surface area (Å²) in [6.45, 7) is 6.58. The molecule has 2 rings (SSSR count). The van der Waals surface area contributed by atoms with E-state index in [0.29, 0.717) is 25.6 Å². The fourth-order valence-corrected chi connectivity index (χ4v) is 3.37. The molecule has 1 aromatic rings. The Hall–Kier alpha value is -1.76. The molecule has 1 fully saturated rings. The van der Waals surface area contributed by atoms with Gasteiger partial charge in [-0.2, -0.15) is 13.2 Å². The number of hydrogen-bond donors (Lipinski definition) is 2. The van der Waals surface area contributed by atoms with Gasteiger partial charge in [0.15, 0.2) is 5.96 Å². The summed E-state index contributed by atoms with van der Waals surface area (Å²) < 4.78 is 37.3. The summed E-state index contributed by atoms with van der Waals surface area (Å²) >= 11 is 0. The summed E-state index contributed by atoms with van der Waals surface area (Å²) in [4.78, 5) is 6.15. The molecular weight excluding hydrogens is 353 g/mol. The maximum absolute atomic E-state index is 12.4. The fourth-order valence-electron chi connectivity index (χ4n) is 3.37. The maximum Gasteiger partial charge on any atom is 0.401 e. The van der Waals surface area contributed by atoms with Gasteiger partial charge in [-0.1, -0.05) is 24.3 Å². The molecule has 1 aromatic carbocycles. The van der Waals surface area contributed by atoms with Crippen molar-refractivity contribution in [2.45, 2.75) is 45.8 Å². The number of rotatable bonds is 7. The summed E-state index contributed by atoms with van der Waals surface area (Å²) in [6, 6.07) is 8.20. The molecule has 1 heterocycles. The van der Waals surface area contributed by atoms with Gasteiger partial charge in [0.2, 0.25) is 0 Å². The number of piperidine rings is 1. The number of nitrogens with one attached hydrogen (secondary N) is 2. The van der Waals surface area contributed by atoms with E-state index in [0.717, 1.165) is 38.3 Å². The first-order valence-corrected chi connectivity index (χ1v) is 9.73. The van der Waals surface area contributed by atoms with E-state index in [1.165, 1.54) is 16.0 Å². The van der Waals surface area contributed by atoms with Crippen LogP contribution in [0.1, 0.15) is 37.3 Å². The molecule has 1 saturated heterocycles. The first-order chi connectivity index (χ1) is 12.9. The van der Waals surface area contributed by atoms with Crippen LogP contribution in [0, 0.1) is 12.8 Å². The normalized spacial score (nSPS) is 17.1. The van der Waals surface area contributed by atoms with Crippen LogP contribution < -0.4 is 10.6 Å². The lowest BCUT2D eigenvalue weighted by molar-refractivity contribution is -0.148. The average molecular weight is 384 g/mol. The van der Waals surface area contributed by atoms with E-state index in [1.54, 1.807) is 0 Å². The lowest BCUT2D eigenvalue weighted by atomic mass is 9.93. The van der Waals surface area contributed by atoms with Crippen LogP contribution in [0.2, 0.25) is 0 Å². The van der Waals surface area contributed by atoms with Crippen LogP contribution in [0.4, 0.5) is 13.2 Å². The zero-order valence-electron chi connectivity index (χ0n) is 16.3. The number of guanidine groups is 1. The van der Waals surface area contributed by atoms with Gasteiger partial charge >= 0.3 is 6.18 Å². The number of halogens is 3. The minimum Gasteiger partial charge on any atom is -0.357 e. The second-order valence-electron chi connectivity index (χ2n) is 7.17. The summed E-state index contributed by atoms with van der Waals surface area (Å²) in [6.07, 6.45) is -1.49. The highest BCUT2D eigenvalue weighted by atomic mass is 19.4. The number of alkyl halides is 3. The monoisotopic (exact) mass is 384 g/mol. The Morgan fingerprint density at radius 1 is 1.19 bits per heavy atom. The van der Waals surface area contributed by atoms with Crippen LogP contribution >= 0.6 is 0 Å². The minimum absolute atomic E-state index is 0.473. The van der Waals surface area contributed by atoms with E-state index >= 15 is 0 Å². The minimum atomic E-state index is -4.09. The van der Waals surface area contributed by atoms with Gasteiger partial charge in [0.05, 0.1) is 13.1 Å². The number of benzene rings is 1. The van der Waals surface area contributed by atoms with E-state index in [-0.39, 0.29) is 0 Å². The predicted molar refractivity (Wildman–Crippen MR) is 104 cm³/mol. The molecule has 0 saturated carbocycles. The average Bonchev–Trinajstić information content (AvgIpc) is 2.61. The molecule has 0 atom stereocenters. The molecule has 152 valence electrons. The lowest BCUT2D eigenvalue weighted by Gasteiger charge is -2.32. The van der Waals surface area contributed by atoms with Crippen molar-refractivity contribution >= 4 is 5.96 Å². The Kier molecular flexibility index (Phi) is 8.41. The van der Waals surface area contributed by atoms with E-state index < -0.39 is 12.7 Å². The van der Waals surface area contributed by atoms with Gasteiger partial charge in [-0.05, 0) is 63.2 Å². The Balaban J connectivity index is 1.73. The standard InChI is InChI=1S/C20H31F3N4/c1-3-24-19(26-14-18-7-5-4-6-16(18)2)25-11-8-17-9-12-27(13-10-17)15-20(21,22)23/h4-7,17H,3,8-15H2,1-2H3,(H2,24,25,26). The van der Waals surface area contributed by atoms with Crippen molar-refractivity contribution in [1.82, 2.24) is 15.5 Å². The molecule has 0 amide bonds. The largest absolute Gasteiger partial charge is 0.401 e. The van der Waals surface area contributed by atoms with Crippen molar-refractivity contribution in [3.05, 3.63) is 35.4 Å². The molecule has 0 radical (unpaired) electrons. The summed E-state index contributed by atoms with van der Waals surface area (Å²) in [5.41, 5.74) is 2.43. The molecule has 1 aliphatic heterocycles. The van der Waals surface area contributed by atoms with Crippen LogP contribution in [-0.4, -0.2) is 49.8 Å². The van der Waals surface area contributed by atoms with Crippen molar-refractivity contribution < 1.29 is 13.2 Å². The number of nitrogens with zero attached hydrogens (tertiary/aromatic N) is 2. The highest BCUT2D eigenvalue weighted by Crippen LogP contribution is 2.23. The van der Waals surface area contributed by atoms with Gasteiger partial charge in [0.1, 0.15) is 0 Å². The summed E-state index contributed by atoms with van der Waals surface area (Å²) in [5.74, 6) is 1.26. The van der Waals surface area contributed by atoms with Crippen LogP contribution in [0.5, 0.6) is 0 Å². The zero-order chi connectivity index (χ0) is 19.7. The van der Waals surface area contributed by atoms with Gasteiger partial charge in [-0.3, -0.25) is 4.90 Å². The molecule has 4 nitrogen and oxygen atoms in total. The molecule has 1 aliphatic rings. The van der Waals surface area contributed by atoms with Gasteiger partial charge in [0, 0.05) is 13.1 Å². The van der Waals surface area contributed by atoms with Crippen molar-refractivity contribution in [2.75, 3.05) is 32.7 Å². The van der Waals surface area contributed by atoms with Crippen LogP contribution in [-0.2, 0) is 6.54 Å². The molecule has 0 bridgehead atoms. The third-order valence-electron chi connectivity index (χ3n) is 4.97. The summed E-state index contributed by atoms with van der Waals surface area (Å²) in [5, 5.41) is 6.60. The van der Waals surface area contributed by atoms with E-state index in [1.807, 2.05) is 19.1 Å². The topological polar surface area (TPSA) is 39.7 Å². The smallest absolute Gasteiger partial charge is 0.357 e. The number of hydrogen-bond acceptors (Lipinski definition) is 2. The SMILES string of the molecule is CCNC(=NCc1ccccc1C)NCCC1CCN(CC(F)(F)F)CC1. The Labute approximate surface area is 160 Å². The van der Waals surface area contributed by atoms with Crippen molar-refractivity contribution in [2.24, 2.45) is 10.9 Å². The predicted octanol–water partition coefficient (Wildman–Crippen LogP) is 3.71. The highest BCUT2D eigenvalue weighted by molar-refractivity contribution is 5.79. The van der Waals surface area contributed by atoms with E-state index in [4.69, 9.17) is 0 Å². The molecule has 27 heavy (non-hydrogen) atoms. The third kappa shape index (κ3) is 8.20. The number of aliphatic imine (C=N–C) groups is 1. The van der Waals surface area contributed by atoms with Crippen molar-refractivity contribution in [3.63, 3.8) is 0 Å². The Bertz CT molecular complexity index is 593. The Morgan fingerprint density at radius 3 is 2.52 bits per heavy atom. The van der Waals surface area contributed by atoms with E-state index in [2.05, 4.69) is 34.7 Å². The first kappa shape index (κ1) is 21.5. The molecule has 2 N–H and O–H groups in total. The highest BCUT2D eigenvalue weighted by Gasteiger charge is 2.32. The Morgan fingerprint density at radius 2 is 1.89 bits per heavy atom. The molecule has 0 spiro atoms. The number of likely N-dealkylation sites (tertiary alicyclic amines) is 1. The van der Waals surface area contributed by atoms with Gasteiger partial charge in [0.25, 0.3) is 0 Å². The van der Waals surface area contributed by atoms with Gasteiger partial charge < -0.3 is 10.6 Å². The molecule has 0 unspecified atom stereocenters. The van der Waals surface area contributed by atoms with Gasteiger partial charge in [-0.15, -0.1) is 0 Å². The fraction of sp³-hybridized carbons (Fsp3) is 0.650. The zero-order valence-corrected chi connectivity index (χ0v) is 16.3. The molecular formula is C20H31F3N4.